The summed E-state index contributed by atoms with van der Waals surface area (Å²) in [6, 6.07) is 9.60. The molecule has 1 fully saturated rings. The molecule has 2 aromatic carbocycles. The number of halogens is 4. The van der Waals surface area contributed by atoms with Gasteiger partial charge in [0.1, 0.15) is 16.1 Å². The molecule has 3 aromatic rings. The van der Waals surface area contributed by atoms with E-state index in [4.69, 9.17) is 40.2 Å². The first-order valence-corrected chi connectivity index (χ1v) is 10.4. The lowest BCUT2D eigenvalue weighted by Crippen LogP contribution is -2.36. The second kappa shape index (κ2) is 8.46. The van der Waals surface area contributed by atoms with Crippen molar-refractivity contribution in [1.29, 1.82) is 0 Å². The molecule has 0 unspecified atom stereocenters. The molecule has 3 nitrogen and oxygen atoms in total. The molecule has 2 heterocycles. The third-order valence-electron chi connectivity index (χ3n) is 5.19. The van der Waals surface area contributed by atoms with Crippen molar-refractivity contribution in [1.82, 2.24) is 4.98 Å². The summed E-state index contributed by atoms with van der Waals surface area (Å²) in [7, 11) is 0. The Hall–Kier alpha value is -1.89. The molecule has 0 aliphatic carbocycles. The number of H-pyrrole nitrogens is 1. The Morgan fingerprint density at radius 3 is 2.45 bits per heavy atom. The van der Waals surface area contributed by atoms with Crippen LogP contribution in [0, 0.1) is 22.2 Å². The van der Waals surface area contributed by atoms with Gasteiger partial charge in [0, 0.05) is 23.5 Å². The van der Waals surface area contributed by atoms with Crippen LogP contribution in [0.25, 0.3) is 10.9 Å². The summed E-state index contributed by atoms with van der Waals surface area (Å²) in [5.74, 6) is -0.241. The quantitative estimate of drug-likeness (QED) is 0.440. The molecular weight excluding hydrogens is 437 g/mol. The van der Waals surface area contributed by atoms with Gasteiger partial charge in [0.15, 0.2) is 11.6 Å². The van der Waals surface area contributed by atoms with E-state index < -0.39 is 11.6 Å². The molecule has 0 saturated carbocycles. The normalized spacial score (nSPS) is 15.1. The Morgan fingerprint density at radius 1 is 1.07 bits per heavy atom. The molecule has 0 atom stereocenters. The number of nitrogens with one attached hydrogen (secondary N) is 1. The molecule has 0 amide bonds. The highest BCUT2D eigenvalue weighted by Crippen LogP contribution is 2.33. The number of hydrogen-bond donors (Lipinski definition) is 1. The molecule has 152 valence electrons. The summed E-state index contributed by atoms with van der Waals surface area (Å²) in [5, 5.41) is 1.51. The SMILES string of the molecule is Fc1cc(Cl)cc(F)c1N1CCC(COc2ccc(Cl)c3[nH]c(=S)ccc23)CC1. The molecule has 29 heavy (non-hydrogen) atoms. The maximum Gasteiger partial charge on any atom is 0.150 e. The first kappa shape index (κ1) is 20.4. The first-order chi connectivity index (χ1) is 13.9. The van der Waals surface area contributed by atoms with Crippen molar-refractivity contribution in [3.05, 3.63) is 62.7 Å². The number of rotatable bonds is 4. The first-order valence-electron chi connectivity index (χ1n) is 9.26. The average molecular weight is 455 g/mol. The molecule has 0 spiro atoms. The van der Waals surface area contributed by atoms with Gasteiger partial charge in [0.25, 0.3) is 0 Å². The summed E-state index contributed by atoms with van der Waals surface area (Å²) >= 11 is 17.1. The molecule has 1 aliphatic heterocycles. The van der Waals surface area contributed by atoms with Crippen molar-refractivity contribution in [2.75, 3.05) is 24.6 Å². The predicted molar refractivity (Wildman–Crippen MR) is 116 cm³/mol. The molecule has 1 aliphatic rings. The predicted octanol–water partition coefficient (Wildman–Crippen LogP) is 6.78. The third kappa shape index (κ3) is 4.34. The van der Waals surface area contributed by atoms with Gasteiger partial charge in [-0.25, -0.2) is 8.78 Å². The van der Waals surface area contributed by atoms with Crippen LogP contribution in [0.15, 0.2) is 36.4 Å². The Kier molecular flexibility index (Phi) is 5.95. The van der Waals surface area contributed by atoms with Crippen LogP contribution in [0.5, 0.6) is 5.75 Å². The van der Waals surface area contributed by atoms with E-state index in [1.54, 1.807) is 17.0 Å². The number of benzene rings is 2. The highest BCUT2D eigenvalue weighted by molar-refractivity contribution is 7.71. The van der Waals surface area contributed by atoms with Gasteiger partial charge in [-0.05, 0) is 55.2 Å². The van der Waals surface area contributed by atoms with Crippen LogP contribution in [0.4, 0.5) is 14.5 Å². The molecule has 0 radical (unpaired) electrons. The molecule has 1 N–H and O–H groups in total. The Balaban J connectivity index is 1.42. The number of aromatic amines is 1. The lowest BCUT2D eigenvalue weighted by molar-refractivity contribution is 0.224. The number of piperidine rings is 1. The van der Waals surface area contributed by atoms with Crippen LogP contribution in [-0.2, 0) is 0 Å². The molecular formula is C21H18Cl2F2N2OS. The number of nitrogens with zero attached hydrogens (tertiary/aromatic N) is 1. The lowest BCUT2D eigenvalue weighted by Gasteiger charge is -2.34. The van der Waals surface area contributed by atoms with Crippen LogP contribution in [0.1, 0.15) is 12.8 Å². The van der Waals surface area contributed by atoms with Crippen molar-refractivity contribution in [2.45, 2.75) is 12.8 Å². The summed E-state index contributed by atoms with van der Waals surface area (Å²) < 4.78 is 35.0. The van der Waals surface area contributed by atoms with Crippen LogP contribution in [0.2, 0.25) is 10.0 Å². The van der Waals surface area contributed by atoms with Crippen molar-refractivity contribution in [3.63, 3.8) is 0 Å². The summed E-state index contributed by atoms with van der Waals surface area (Å²) in [4.78, 5) is 4.82. The van der Waals surface area contributed by atoms with Crippen molar-refractivity contribution in [2.24, 2.45) is 5.92 Å². The Labute approximate surface area is 182 Å². The van der Waals surface area contributed by atoms with E-state index in [-0.39, 0.29) is 16.6 Å². The topological polar surface area (TPSA) is 28.3 Å². The van der Waals surface area contributed by atoms with E-state index in [1.807, 2.05) is 12.1 Å². The second-order valence-electron chi connectivity index (χ2n) is 7.12. The van der Waals surface area contributed by atoms with Crippen molar-refractivity contribution >= 4 is 52.0 Å². The van der Waals surface area contributed by atoms with Gasteiger partial charge in [0.05, 0.1) is 17.1 Å². The average Bonchev–Trinajstić information content (AvgIpc) is 2.68. The monoisotopic (exact) mass is 454 g/mol. The Bertz CT molecular complexity index is 1090. The zero-order valence-corrected chi connectivity index (χ0v) is 17.7. The van der Waals surface area contributed by atoms with E-state index in [9.17, 15) is 8.78 Å². The second-order valence-corrected chi connectivity index (χ2v) is 8.40. The molecule has 8 heteroatoms. The number of ether oxygens (including phenoxy) is 1. The molecule has 0 bridgehead atoms. The van der Waals surface area contributed by atoms with Gasteiger partial charge in [0.2, 0.25) is 0 Å². The van der Waals surface area contributed by atoms with E-state index in [1.165, 1.54) is 0 Å². The summed E-state index contributed by atoms with van der Waals surface area (Å²) in [6.45, 7) is 1.63. The molecule has 1 saturated heterocycles. The number of hydrogen-bond acceptors (Lipinski definition) is 3. The van der Waals surface area contributed by atoms with Gasteiger partial charge in [-0.1, -0.05) is 35.4 Å². The minimum absolute atomic E-state index is 0.00674. The van der Waals surface area contributed by atoms with Gasteiger partial charge in [-0.2, -0.15) is 0 Å². The minimum Gasteiger partial charge on any atom is -0.493 e. The minimum atomic E-state index is -0.630. The van der Waals surface area contributed by atoms with Crippen LogP contribution in [-0.4, -0.2) is 24.7 Å². The number of pyridine rings is 1. The fourth-order valence-corrected chi connectivity index (χ4v) is 4.26. The fraction of sp³-hybridized carbons (Fsp3) is 0.286. The zero-order chi connectivity index (χ0) is 20.5. The van der Waals surface area contributed by atoms with Gasteiger partial charge in [-0.15, -0.1) is 0 Å². The third-order valence-corrected chi connectivity index (χ3v) is 5.96. The highest BCUT2D eigenvalue weighted by Gasteiger charge is 2.25. The molecule has 1 aromatic heterocycles. The van der Waals surface area contributed by atoms with Crippen molar-refractivity contribution < 1.29 is 13.5 Å². The summed E-state index contributed by atoms with van der Waals surface area (Å²) in [5.41, 5.74) is 0.743. The van der Waals surface area contributed by atoms with Crippen LogP contribution in [0.3, 0.4) is 0 Å². The fourth-order valence-electron chi connectivity index (χ4n) is 3.68. The largest absolute Gasteiger partial charge is 0.493 e. The maximum atomic E-state index is 14.2. The molecule has 4 rings (SSSR count). The van der Waals surface area contributed by atoms with Gasteiger partial charge < -0.3 is 14.6 Å². The van der Waals surface area contributed by atoms with Crippen LogP contribution < -0.4 is 9.64 Å². The van der Waals surface area contributed by atoms with Crippen LogP contribution >= 0.6 is 35.4 Å². The Morgan fingerprint density at radius 2 is 1.76 bits per heavy atom. The number of anilines is 1. The van der Waals surface area contributed by atoms with Crippen molar-refractivity contribution in [3.8, 4) is 5.75 Å². The van der Waals surface area contributed by atoms with E-state index in [0.717, 1.165) is 41.6 Å². The summed E-state index contributed by atoms with van der Waals surface area (Å²) in [6.07, 6.45) is 1.55. The highest BCUT2D eigenvalue weighted by atomic mass is 35.5. The van der Waals surface area contributed by atoms with E-state index >= 15 is 0 Å². The van der Waals surface area contributed by atoms with E-state index in [2.05, 4.69) is 4.98 Å². The lowest BCUT2D eigenvalue weighted by atomic mass is 9.97. The smallest absolute Gasteiger partial charge is 0.150 e. The van der Waals surface area contributed by atoms with Gasteiger partial charge >= 0.3 is 0 Å². The standard InChI is InChI=1S/C21H18Cl2F2N2OS/c22-13-9-16(24)21(17(25)10-13)27-7-5-12(6-8-27)11-28-18-3-2-15(23)20-14(18)1-4-19(29)26-20/h1-4,9-10,12H,5-8,11H2,(H,26,29). The van der Waals surface area contributed by atoms with Gasteiger partial charge in [-0.3, -0.25) is 0 Å². The maximum absolute atomic E-state index is 14.2. The zero-order valence-electron chi connectivity index (χ0n) is 15.4. The number of aromatic nitrogens is 1. The number of fused-ring (bicyclic) bond motifs is 1. The van der Waals surface area contributed by atoms with E-state index in [0.29, 0.717) is 29.4 Å².